The van der Waals surface area contributed by atoms with E-state index in [1.54, 1.807) is 0 Å². The lowest BCUT2D eigenvalue weighted by Crippen LogP contribution is -2.39. The van der Waals surface area contributed by atoms with E-state index in [1.165, 1.54) is 18.4 Å². The molecule has 25 heavy (non-hydrogen) atoms. The molecule has 1 aliphatic heterocycles. The lowest BCUT2D eigenvalue weighted by Gasteiger charge is -2.27. The molecule has 2 unspecified atom stereocenters. The summed E-state index contributed by atoms with van der Waals surface area (Å²) in [5.41, 5.74) is 1.19. The third-order valence-electron chi connectivity index (χ3n) is 4.67. The van der Waals surface area contributed by atoms with E-state index in [0.29, 0.717) is 24.8 Å². The Morgan fingerprint density at radius 1 is 1.20 bits per heavy atom. The van der Waals surface area contributed by atoms with Crippen molar-refractivity contribution in [3.8, 4) is 0 Å². The minimum absolute atomic E-state index is 0. The van der Waals surface area contributed by atoms with E-state index in [4.69, 9.17) is 0 Å². The predicted octanol–water partition coefficient (Wildman–Crippen LogP) is 1.91. The minimum atomic E-state index is -0.133. The maximum atomic E-state index is 12.0. The molecule has 3 N–H and O–H groups in total. The van der Waals surface area contributed by atoms with Gasteiger partial charge >= 0.3 is 0 Å². The average Bonchev–Trinajstić information content (AvgIpc) is 2.61. The van der Waals surface area contributed by atoms with Gasteiger partial charge in [0.25, 0.3) is 0 Å². The highest BCUT2D eigenvalue weighted by atomic mass is 35.5. The molecule has 1 heterocycles. The Morgan fingerprint density at radius 2 is 1.96 bits per heavy atom. The van der Waals surface area contributed by atoms with Crippen LogP contribution in [-0.2, 0) is 16.0 Å². The van der Waals surface area contributed by atoms with E-state index < -0.39 is 0 Å². The highest BCUT2D eigenvalue weighted by molar-refractivity contribution is 5.85. The Hall–Kier alpha value is -1.59. The van der Waals surface area contributed by atoms with E-state index in [-0.39, 0.29) is 30.8 Å². The molecule has 1 aromatic carbocycles. The van der Waals surface area contributed by atoms with Crippen LogP contribution in [0.25, 0.3) is 0 Å². The van der Waals surface area contributed by atoms with Crippen molar-refractivity contribution in [1.29, 1.82) is 0 Å². The lowest BCUT2D eigenvalue weighted by atomic mass is 9.85. The number of nitrogens with one attached hydrogen (secondary N) is 3. The van der Waals surface area contributed by atoms with E-state index in [2.05, 4.69) is 22.9 Å². The van der Waals surface area contributed by atoms with Gasteiger partial charge < -0.3 is 16.0 Å². The summed E-state index contributed by atoms with van der Waals surface area (Å²) in [6, 6.07) is 10.0. The van der Waals surface area contributed by atoms with Crippen molar-refractivity contribution in [3.63, 3.8) is 0 Å². The van der Waals surface area contributed by atoms with Crippen molar-refractivity contribution in [2.75, 3.05) is 26.2 Å². The van der Waals surface area contributed by atoms with Gasteiger partial charge in [0.1, 0.15) is 0 Å². The van der Waals surface area contributed by atoms with Gasteiger partial charge in [0.15, 0.2) is 0 Å². The molecular formula is C19H30ClN3O2. The fourth-order valence-corrected chi connectivity index (χ4v) is 3.13. The Balaban J connectivity index is 0.00000312. The zero-order chi connectivity index (χ0) is 17.2. The van der Waals surface area contributed by atoms with Crippen molar-refractivity contribution in [2.24, 2.45) is 11.8 Å². The van der Waals surface area contributed by atoms with E-state index in [9.17, 15) is 9.59 Å². The van der Waals surface area contributed by atoms with Crippen molar-refractivity contribution in [1.82, 2.24) is 16.0 Å². The summed E-state index contributed by atoms with van der Waals surface area (Å²) in [4.78, 5) is 23.8. The second-order valence-corrected chi connectivity index (χ2v) is 6.65. The molecule has 0 radical (unpaired) electrons. The first-order valence-corrected chi connectivity index (χ1v) is 8.93. The van der Waals surface area contributed by atoms with Crippen molar-refractivity contribution >= 4 is 24.2 Å². The number of rotatable bonds is 8. The molecule has 0 aromatic heterocycles. The minimum Gasteiger partial charge on any atom is -0.354 e. The number of halogens is 1. The number of carbonyl (C=O) groups is 2. The molecule has 140 valence electrons. The summed E-state index contributed by atoms with van der Waals surface area (Å²) in [5, 5.41) is 8.95. The predicted molar refractivity (Wildman–Crippen MR) is 103 cm³/mol. The molecule has 6 heteroatoms. The van der Waals surface area contributed by atoms with Gasteiger partial charge in [-0.1, -0.05) is 37.3 Å². The third kappa shape index (κ3) is 8.36. The van der Waals surface area contributed by atoms with Crippen LogP contribution in [0.3, 0.4) is 0 Å². The van der Waals surface area contributed by atoms with Gasteiger partial charge in [-0.2, -0.15) is 0 Å². The highest BCUT2D eigenvalue weighted by Crippen LogP contribution is 2.22. The van der Waals surface area contributed by atoms with Crippen LogP contribution in [0.15, 0.2) is 30.3 Å². The maximum absolute atomic E-state index is 12.0. The van der Waals surface area contributed by atoms with Crippen molar-refractivity contribution in [2.45, 2.75) is 32.6 Å². The van der Waals surface area contributed by atoms with Crippen LogP contribution >= 0.6 is 12.4 Å². The van der Waals surface area contributed by atoms with Crippen molar-refractivity contribution < 1.29 is 9.59 Å². The summed E-state index contributed by atoms with van der Waals surface area (Å²) in [6.45, 7) is 4.84. The molecule has 2 atom stereocenters. The Labute approximate surface area is 156 Å². The van der Waals surface area contributed by atoms with Crippen LogP contribution in [0.1, 0.15) is 31.7 Å². The molecule has 1 aromatic rings. The normalized spacial score (nSPS) is 17.9. The van der Waals surface area contributed by atoms with Crippen LogP contribution in [-0.4, -0.2) is 38.0 Å². The lowest BCUT2D eigenvalue weighted by molar-refractivity contribution is -0.126. The molecule has 0 saturated carbocycles. The van der Waals surface area contributed by atoms with Crippen molar-refractivity contribution in [3.05, 3.63) is 35.9 Å². The Bertz CT molecular complexity index is 519. The molecule has 0 bridgehead atoms. The van der Waals surface area contributed by atoms with Gasteiger partial charge in [0, 0.05) is 13.0 Å². The molecule has 0 spiro atoms. The summed E-state index contributed by atoms with van der Waals surface area (Å²) in [6.07, 6.45) is 3.65. The van der Waals surface area contributed by atoms with Crippen LogP contribution in [0, 0.1) is 11.8 Å². The number of amides is 2. The van der Waals surface area contributed by atoms with Gasteiger partial charge in [-0.25, -0.2) is 0 Å². The molecule has 1 aliphatic rings. The third-order valence-corrected chi connectivity index (χ3v) is 4.67. The quantitative estimate of drug-likeness (QED) is 0.657. The van der Waals surface area contributed by atoms with Gasteiger partial charge in [-0.3, -0.25) is 9.59 Å². The second kappa shape index (κ2) is 11.9. The fraction of sp³-hybridized carbons (Fsp3) is 0.579. The molecular weight excluding hydrogens is 338 g/mol. The first kappa shape index (κ1) is 21.5. The number of piperidine rings is 1. The highest BCUT2D eigenvalue weighted by Gasteiger charge is 2.22. The second-order valence-electron chi connectivity index (χ2n) is 6.65. The Kier molecular flexibility index (Phi) is 10.2. The SMILES string of the molecule is CC(CC(=O)NCC(=O)NCCc1ccccc1)C1CCCNC1.Cl. The zero-order valence-corrected chi connectivity index (χ0v) is 15.7. The van der Waals surface area contributed by atoms with Gasteiger partial charge in [0.05, 0.1) is 6.54 Å². The molecule has 1 fully saturated rings. The first-order chi connectivity index (χ1) is 11.6. The summed E-state index contributed by atoms with van der Waals surface area (Å²) >= 11 is 0. The van der Waals surface area contributed by atoms with E-state index in [0.717, 1.165) is 19.5 Å². The number of benzene rings is 1. The van der Waals surface area contributed by atoms with Gasteiger partial charge in [0.2, 0.25) is 11.8 Å². The standard InChI is InChI=1S/C19H29N3O2.ClH/c1-15(17-8-5-10-20-13-17)12-18(23)22-14-19(24)21-11-9-16-6-3-2-4-7-16;/h2-4,6-7,15,17,20H,5,8-14H2,1H3,(H,21,24)(H,22,23);1H. The van der Waals surface area contributed by atoms with Gasteiger partial charge in [-0.05, 0) is 49.8 Å². The van der Waals surface area contributed by atoms with Gasteiger partial charge in [-0.15, -0.1) is 12.4 Å². The Morgan fingerprint density at radius 3 is 2.64 bits per heavy atom. The van der Waals surface area contributed by atoms with E-state index in [1.807, 2.05) is 30.3 Å². The summed E-state index contributed by atoms with van der Waals surface area (Å²) < 4.78 is 0. The zero-order valence-electron chi connectivity index (χ0n) is 14.9. The van der Waals surface area contributed by atoms with Crippen LogP contribution in [0.5, 0.6) is 0 Å². The topological polar surface area (TPSA) is 70.2 Å². The van der Waals surface area contributed by atoms with Crippen LogP contribution in [0.2, 0.25) is 0 Å². The number of hydrogen-bond donors (Lipinski definition) is 3. The molecule has 2 rings (SSSR count). The molecule has 2 amide bonds. The van der Waals surface area contributed by atoms with E-state index >= 15 is 0 Å². The first-order valence-electron chi connectivity index (χ1n) is 8.93. The summed E-state index contributed by atoms with van der Waals surface area (Å²) in [7, 11) is 0. The number of carbonyl (C=O) groups excluding carboxylic acids is 2. The average molecular weight is 368 g/mol. The monoisotopic (exact) mass is 367 g/mol. The maximum Gasteiger partial charge on any atom is 0.239 e. The largest absolute Gasteiger partial charge is 0.354 e. The molecule has 1 saturated heterocycles. The van der Waals surface area contributed by atoms with Crippen LogP contribution in [0.4, 0.5) is 0 Å². The molecule has 5 nitrogen and oxygen atoms in total. The number of hydrogen-bond acceptors (Lipinski definition) is 3. The fourth-order valence-electron chi connectivity index (χ4n) is 3.13. The van der Waals surface area contributed by atoms with Crippen LogP contribution < -0.4 is 16.0 Å². The molecule has 0 aliphatic carbocycles. The smallest absolute Gasteiger partial charge is 0.239 e. The summed E-state index contributed by atoms with van der Waals surface area (Å²) in [5.74, 6) is 0.737.